The van der Waals surface area contributed by atoms with Crippen LogP contribution in [0.25, 0.3) is 0 Å². The molecule has 0 radical (unpaired) electrons. The summed E-state index contributed by atoms with van der Waals surface area (Å²) in [7, 11) is 1.85. The summed E-state index contributed by atoms with van der Waals surface area (Å²) in [5, 5.41) is 4.49. The van der Waals surface area contributed by atoms with Gasteiger partial charge >= 0.3 is 6.09 Å². The van der Waals surface area contributed by atoms with Gasteiger partial charge in [-0.3, -0.25) is 4.68 Å². The Kier molecular flexibility index (Phi) is 3.91. The lowest BCUT2D eigenvalue weighted by Crippen LogP contribution is -2.46. The Morgan fingerprint density at radius 2 is 1.95 bits per heavy atom. The first kappa shape index (κ1) is 15.7. The molecule has 0 spiro atoms. The number of nitrogens with zero attached hydrogens (tertiary/aromatic N) is 3. The Hall–Kier alpha value is -1.72. The summed E-state index contributed by atoms with van der Waals surface area (Å²) in [5.41, 5.74) is 6.39. The lowest BCUT2D eigenvalue weighted by molar-refractivity contribution is 0.0170. The molecule has 0 atom stereocenters. The molecule has 1 aromatic rings. The molecule has 1 aliphatic heterocycles. The average Bonchev–Trinajstić information content (AvgIpc) is 2.69. The fourth-order valence-electron chi connectivity index (χ4n) is 2.54. The molecule has 1 aliphatic rings. The van der Waals surface area contributed by atoms with E-state index in [1.54, 1.807) is 9.58 Å². The van der Waals surface area contributed by atoms with Gasteiger partial charge in [-0.05, 0) is 33.6 Å². The van der Waals surface area contributed by atoms with E-state index in [1.165, 1.54) is 0 Å². The minimum Gasteiger partial charge on any atom is -0.444 e. The maximum Gasteiger partial charge on any atom is 0.410 e. The van der Waals surface area contributed by atoms with Gasteiger partial charge in [0.15, 0.2) is 0 Å². The third-order valence-corrected chi connectivity index (χ3v) is 4.05. The van der Waals surface area contributed by atoms with E-state index in [-0.39, 0.29) is 11.5 Å². The Morgan fingerprint density at radius 1 is 1.38 bits per heavy atom. The van der Waals surface area contributed by atoms with Gasteiger partial charge in [0, 0.05) is 31.6 Å². The van der Waals surface area contributed by atoms with Crippen molar-refractivity contribution in [3.63, 3.8) is 0 Å². The molecule has 6 heteroatoms. The zero-order valence-corrected chi connectivity index (χ0v) is 13.6. The molecule has 118 valence electrons. The van der Waals surface area contributed by atoms with Crippen LogP contribution in [0.3, 0.4) is 0 Å². The molecule has 1 saturated heterocycles. The Balaban J connectivity index is 2.01. The first-order chi connectivity index (χ1) is 9.61. The smallest absolute Gasteiger partial charge is 0.410 e. The molecule has 2 heterocycles. The standard InChI is InChI=1S/C15H26N4O2/c1-14(2,3)21-13(20)19-8-6-15(4,7-9-19)11-10-12(16)18(5)17-11/h10H,6-9,16H2,1-5H3. The molecule has 2 N–H and O–H groups in total. The number of rotatable bonds is 1. The number of anilines is 1. The van der Waals surface area contributed by atoms with Crippen molar-refractivity contribution in [2.45, 2.75) is 51.6 Å². The highest BCUT2D eigenvalue weighted by Gasteiger charge is 2.36. The number of carbonyl (C=O) groups excluding carboxylic acids is 1. The number of carbonyl (C=O) groups is 1. The first-order valence-corrected chi connectivity index (χ1v) is 7.39. The number of nitrogen functional groups attached to an aromatic ring is 1. The first-order valence-electron chi connectivity index (χ1n) is 7.39. The van der Waals surface area contributed by atoms with Gasteiger partial charge in [0.05, 0.1) is 5.69 Å². The molecule has 21 heavy (non-hydrogen) atoms. The largest absolute Gasteiger partial charge is 0.444 e. The van der Waals surface area contributed by atoms with Crippen molar-refractivity contribution in [2.24, 2.45) is 7.05 Å². The highest BCUT2D eigenvalue weighted by atomic mass is 16.6. The van der Waals surface area contributed by atoms with Crippen LogP contribution in [0.5, 0.6) is 0 Å². The number of likely N-dealkylation sites (tertiary alicyclic amines) is 1. The van der Waals surface area contributed by atoms with Crippen molar-refractivity contribution >= 4 is 11.9 Å². The van der Waals surface area contributed by atoms with Crippen molar-refractivity contribution in [1.29, 1.82) is 0 Å². The number of hydrogen-bond acceptors (Lipinski definition) is 4. The van der Waals surface area contributed by atoms with Crippen LogP contribution in [0, 0.1) is 0 Å². The van der Waals surface area contributed by atoms with Crippen LogP contribution in [-0.4, -0.2) is 39.5 Å². The third-order valence-electron chi connectivity index (χ3n) is 4.05. The van der Waals surface area contributed by atoms with Gasteiger partial charge in [-0.15, -0.1) is 0 Å². The van der Waals surface area contributed by atoms with Crippen molar-refractivity contribution in [3.8, 4) is 0 Å². The summed E-state index contributed by atoms with van der Waals surface area (Å²) < 4.78 is 7.12. The quantitative estimate of drug-likeness (QED) is 0.862. The van der Waals surface area contributed by atoms with E-state index in [4.69, 9.17) is 10.5 Å². The van der Waals surface area contributed by atoms with Crippen LogP contribution in [0.2, 0.25) is 0 Å². The summed E-state index contributed by atoms with van der Waals surface area (Å²) in [6.07, 6.45) is 1.50. The molecule has 6 nitrogen and oxygen atoms in total. The monoisotopic (exact) mass is 294 g/mol. The molecule has 0 aliphatic carbocycles. The van der Waals surface area contributed by atoms with Crippen LogP contribution in [-0.2, 0) is 17.2 Å². The average molecular weight is 294 g/mol. The third kappa shape index (κ3) is 3.49. The van der Waals surface area contributed by atoms with Gasteiger partial charge in [0.1, 0.15) is 11.4 Å². The maximum absolute atomic E-state index is 12.1. The van der Waals surface area contributed by atoms with Crippen molar-refractivity contribution < 1.29 is 9.53 Å². The summed E-state index contributed by atoms with van der Waals surface area (Å²) in [6, 6.07) is 1.93. The van der Waals surface area contributed by atoms with E-state index >= 15 is 0 Å². The normalized spacial score (nSPS) is 18.6. The van der Waals surface area contributed by atoms with Crippen LogP contribution in [0.4, 0.5) is 10.6 Å². The minimum atomic E-state index is -0.451. The highest BCUT2D eigenvalue weighted by Crippen LogP contribution is 2.35. The Labute approximate surface area is 126 Å². The lowest BCUT2D eigenvalue weighted by atomic mass is 9.77. The zero-order valence-electron chi connectivity index (χ0n) is 13.6. The molecular formula is C15H26N4O2. The highest BCUT2D eigenvalue weighted by molar-refractivity contribution is 5.68. The number of nitrogens with two attached hydrogens (primary N) is 1. The molecule has 2 rings (SSSR count). The summed E-state index contributed by atoms with van der Waals surface area (Å²) in [6.45, 7) is 9.20. The maximum atomic E-state index is 12.1. The predicted octanol–water partition coefficient (Wildman–Crippen LogP) is 2.29. The predicted molar refractivity (Wildman–Crippen MR) is 82.0 cm³/mol. The number of aryl methyl sites for hydroxylation is 1. The number of hydrogen-bond donors (Lipinski definition) is 1. The summed E-state index contributed by atoms with van der Waals surface area (Å²) in [4.78, 5) is 13.9. The van der Waals surface area contributed by atoms with Crippen LogP contribution < -0.4 is 5.73 Å². The molecule has 1 amide bonds. The van der Waals surface area contributed by atoms with Gasteiger partial charge in [0.25, 0.3) is 0 Å². The van der Waals surface area contributed by atoms with E-state index in [1.807, 2.05) is 33.9 Å². The zero-order chi connectivity index (χ0) is 15.8. The van der Waals surface area contributed by atoms with Crippen LogP contribution in [0.1, 0.15) is 46.2 Å². The van der Waals surface area contributed by atoms with Crippen molar-refractivity contribution in [1.82, 2.24) is 14.7 Å². The lowest BCUT2D eigenvalue weighted by Gasteiger charge is -2.38. The Morgan fingerprint density at radius 3 is 2.38 bits per heavy atom. The molecule has 1 aromatic heterocycles. The Bertz CT molecular complexity index is 503. The van der Waals surface area contributed by atoms with Crippen LogP contribution >= 0.6 is 0 Å². The van der Waals surface area contributed by atoms with Gasteiger partial charge in [-0.25, -0.2) is 4.79 Å². The van der Waals surface area contributed by atoms with Gasteiger partial charge in [0.2, 0.25) is 0 Å². The second-order valence-electron chi connectivity index (χ2n) is 7.11. The molecule has 0 aromatic carbocycles. The van der Waals surface area contributed by atoms with E-state index in [0.717, 1.165) is 18.5 Å². The molecule has 0 bridgehead atoms. The van der Waals surface area contributed by atoms with Gasteiger partial charge in [-0.1, -0.05) is 6.92 Å². The topological polar surface area (TPSA) is 73.4 Å². The van der Waals surface area contributed by atoms with Crippen LogP contribution in [0.15, 0.2) is 6.07 Å². The van der Waals surface area contributed by atoms with Gasteiger partial charge in [-0.2, -0.15) is 5.10 Å². The fourth-order valence-corrected chi connectivity index (χ4v) is 2.54. The van der Waals surface area contributed by atoms with Gasteiger partial charge < -0.3 is 15.4 Å². The molecule has 1 fully saturated rings. The summed E-state index contributed by atoms with van der Waals surface area (Å²) in [5.74, 6) is 0.667. The molecule has 0 saturated carbocycles. The number of amides is 1. The molecular weight excluding hydrogens is 268 g/mol. The second-order valence-corrected chi connectivity index (χ2v) is 7.11. The van der Waals surface area contributed by atoms with E-state index in [2.05, 4.69) is 12.0 Å². The fraction of sp³-hybridized carbons (Fsp3) is 0.733. The SMILES string of the molecule is Cn1nc(C2(C)CCN(C(=O)OC(C)(C)C)CC2)cc1N. The van der Waals surface area contributed by atoms with E-state index < -0.39 is 5.60 Å². The second kappa shape index (κ2) is 5.24. The molecule has 0 unspecified atom stereocenters. The van der Waals surface area contributed by atoms with Crippen molar-refractivity contribution in [3.05, 3.63) is 11.8 Å². The number of ether oxygens (including phenoxy) is 1. The van der Waals surface area contributed by atoms with E-state index in [0.29, 0.717) is 18.9 Å². The number of piperidine rings is 1. The van der Waals surface area contributed by atoms with Crippen molar-refractivity contribution in [2.75, 3.05) is 18.8 Å². The summed E-state index contributed by atoms with van der Waals surface area (Å²) >= 11 is 0. The van der Waals surface area contributed by atoms with E-state index in [9.17, 15) is 4.79 Å². The minimum absolute atomic E-state index is 0.0338. The number of aromatic nitrogens is 2.